The van der Waals surface area contributed by atoms with E-state index >= 15 is 0 Å². The fourth-order valence-electron chi connectivity index (χ4n) is 6.73. The van der Waals surface area contributed by atoms with Gasteiger partial charge >= 0.3 is 0 Å². The number of hydrogen-bond acceptors (Lipinski definition) is 7. The van der Waals surface area contributed by atoms with Gasteiger partial charge in [-0.05, 0) is 85.5 Å². The topological polar surface area (TPSA) is 109 Å². The predicted molar refractivity (Wildman–Crippen MR) is 181 cm³/mol. The van der Waals surface area contributed by atoms with E-state index in [0.29, 0.717) is 25.5 Å². The lowest BCUT2D eigenvalue weighted by molar-refractivity contribution is -0.132. The minimum Gasteiger partial charge on any atom is -0.338 e. The first kappa shape index (κ1) is 29.8. The van der Waals surface area contributed by atoms with Gasteiger partial charge in [-0.15, -0.1) is 5.10 Å². The summed E-state index contributed by atoms with van der Waals surface area (Å²) in [7, 11) is 0. The average molecular weight is 640 g/mol. The van der Waals surface area contributed by atoms with E-state index in [-0.39, 0.29) is 17.6 Å². The molecule has 3 aromatic carbocycles. The van der Waals surface area contributed by atoms with Gasteiger partial charge in [0, 0.05) is 54.5 Å². The van der Waals surface area contributed by atoms with E-state index in [0.717, 1.165) is 71.5 Å². The van der Waals surface area contributed by atoms with E-state index < -0.39 is 0 Å². The van der Waals surface area contributed by atoms with Crippen LogP contribution in [0.15, 0.2) is 97.5 Å². The second kappa shape index (κ2) is 12.9. The van der Waals surface area contributed by atoms with Crippen molar-refractivity contribution in [2.45, 2.75) is 25.2 Å². The summed E-state index contributed by atoms with van der Waals surface area (Å²) < 4.78 is 15.3. The number of likely N-dealkylation sites (tertiary alicyclic amines) is 1. The SMILES string of the molecule is O=C(CN1CCCC(c2cn(-c3ccc4[nH]nc(-c5ccc(F)cc5)c4c3)nn2)C1)N1CC=C(c2ccc(-c3ncccn3)cc2)CC1. The van der Waals surface area contributed by atoms with Gasteiger partial charge in [0.1, 0.15) is 5.82 Å². The third-order valence-electron chi connectivity index (χ3n) is 9.36. The number of nitrogens with one attached hydrogen (secondary N) is 1. The summed E-state index contributed by atoms with van der Waals surface area (Å²) in [6, 6.07) is 22.4. The number of fused-ring (bicyclic) bond motifs is 1. The van der Waals surface area contributed by atoms with Crippen molar-refractivity contribution < 1.29 is 9.18 Å². The Balaban J connectivity index is 0.893. The molecule has 11 heteroatoms. The van der Waals surface area contributed by atoms with Crippen molar-refractivity contribution in [2.75, 3.05) is 32.7 Å². The number of benzene rings is 3. The molecule has 1 N–H and O–H groups in total. The zero-order valence-corrected chi connectivity index (χ0v) is 26.3. The number of nitrogens with zero attached hydrogens (tertiary/aromatic N) is 8. The predicted octanol–water partition coefficient (Wildman–Crippen LogP) is 5.90. The van der Waals surface area contributed by atoms with Gasteiger partial charge in [0.2, 0.25) is 5.91 Å². The number of hydrogen-bond donors (Lipinski definition) is 1. The van der Waals surface area contributed by atoms with Gasteiger partial charge in [-0.25, -0.2) is 19.0 Å². The monoisotopic (exact) mass is 639 g/mol. The zero-order chi connectivity index (χ0) is 32.5. The molecule has 0 spiro atoms. The number of halogens is 1. The summed E-state index contributed by atoms with van der Waals surface area (Å²) in [5.41, 5.74) is 7.70. The van der Waals surface area contributed by atoms with Crippen molar-refractivity contribution in [3.8, 4) is 28.3 Å². The molecule has 240 valence electrons. The van der Waals surface area contributed by atoms with Crippen molar-refractivity contribution in [1.29, 1.82) is 0 Å². The fourth-order valence-corrected chi connectivity index (χ4v) is 6.73. The van der Waals surface area contributed by atoms with Gasteiger partial charge in [0.05, 0.1) is 35.3 Å². The van der Waals surface area contributed by atoms with Crippen molar-refractivity contribution in [1.82, 2.24) is 45.0 Å². The summed E-state index contributed by atoms with van der Waals surface area (Å²) in [6.07, 6.45) is 10.5. The quantitative estimate of drug-likeness (QED) is 0.232. The number of carbonyl (C=O) groups excluding carboxylic acids is 1. The molecule has 1 saturated heterocycles. The molecule has 48 heavy (non-hydrogen) atoms. The minimum atomic E-state index is -0.281. The zero-order valence-electron chi connectivity index (χ0n) is 26.3. The summed E-state index contributed by atoms with van der Waals surface area (Å²) >= 11 is 0. The maximum Gasteiger partial charge on any atom is 0.237 e. The molecule has 2 aliphatic heterocycles. The highest BCUT2D eigenvalue weighted by Gasteiger charge is 2.27. The van der Waals surface area contributed by atoms with Crippen LogP contribution in [0.2, 0.25) is 0 Å². The Morgan fingerprint density at radius 1 is 0.938 bits per heavy atom. The number of piperidine rings is 1. The first-order chi connectivity index (χ1) is 23.6. The van der Waals surface area contributed by atoms with Crippen LogP contribution >= 0.6 is 0 Å². The molecule has 1 fully saturated rings. The molecule has 6 aromatic rings. The smallest absolute Gasteiger partial charge is 0.237 e. The highest BCUT2D eigenvalue weighted by molar-refractivity contribution is 5.94. The van der Waals surface area contributed by atoms with E-state index in [1.807, 2.05) is 35.4 Å². The van der Waals surface area contributed by atoms with Crippen LogP contribution in [0, 0.1) is 5.82 Å². The molecule has 0 saturated carbocycles. The number of rotatable bonds is 7. The Labute approximate surface area is 276 Å². The van der Waals surface area contributed by atoms with E-state index in [4.69, 9.17) is 0 Å². The molecule has 3 aromatic heterocycles. The molecular weight excluding hydrogens is 605 g/mol. The van der Waals surface area contributed by atoms with Crippen molar-refractivity contribution in [2.24, 2.45) is 0 Å². The van der Waals surface area contributed by atoms with Gasteiger partial charge in [-0.2, -0.15) is 5.10 Å². The second-order valence-electron chi connectivity index (χ2n) is 12.4. The van der Waals surface area contributed by atoms with Crippen molar-refractivity contribution in [3.05, 3.63) is 115 Å². The third kappa shape index (κ3) is 6.12. The Morgan fingerprint density at radius 2 is 1.73 bits per heavy atom. The highest BCUT2D eigenvalue weighted by atomic mass is 19.1. The van der Waals surface area contributed by atoms with Crippen LogP contribution in [0.3, 0.4) is 0 Å². The second-order valence-corrected chi connectivity index (χ2v) is 12.4. The maximum absolute atomic E-state index is 13.5. The van der Waals surface area contributed by atoms with Gasteiger partial charge < -0.3 is 4.90 Å². The van der Waals surface area contributed by atoms with E-state index in [1.54, 1.807) is 29.2 Å². The number of aromatic amines is 1. The fraction of sp³-hybridized carbons (Fsp3) is 0.243. The molecule has 10 nitrogen and oxygen atoms in total. The van der Waals surface area contributed by atoms with Gasteiger partial charge in [-0.3, -0.25) is 14.8 Å². The molecule has 1 atom stereocenters. The molecule has 2 aliphatic rings. The van der Waals surface area contributed by atoms with Crippen LogP contribution < -0.4 is 0 Å². The number of aromatic nitrogens is 7. The molecule has 5 heterocycles. The van der Waals surface area contributed by atoms with Crippen molar-refractivity contribution in [3.63, 3.8) is 0 Å². The van der Waals surface area contributed by atoms with Crippen LogP contribution in [0.1, 0.15) is 36.4 Å². The van der Waals surface area contributed by atoms with Gasteiger partial charge in [0.25, 0.3) is 0 Å². The largest absolute Gasteiger partial charge is 0.338 e. The summed E-state index contributed by atoms with van der Waals surface area (Å²) in [6.45, 7) is 3.40. The molecular formula is C37H34FN9O. The van der Waals surface area contributed by atoms with E-state index in [2.05, 4.69) is 65.7 Å². The van der Waals surface area contributed by atoms with Gasteiger partial charge in [0.15, 0.2) is 5.82 Å². The minimum absolute atomic E-state index is 0.163. The van der Waals surface area contributed by atoms with Crippen LogP contribution in [-0.2, 0) is 4.79 Å². The normalized spacial score (nSPS) is 17.1. The summed E-state index contributed by atoms with van der Waals surface area (Å²) in [5.74, 6) is 0.797. The van der Waals surface area contributed by atoms with E-state index in [1.165, 1.54) is 23.3 Å². The molecule has 1 amide bonds. The van der Waals surface area contributed by atoms with Crippen LogP contribution in [-0.4, -0.2) is 83.6 Å². The third-order valence-corrected chi connectivity index (χ3v) is 9.36. The van der Waals surface area contributed by atoms with E-state index in [9.17, 15) is 9.18 Å². The lowest BCUT2D eigenvalue weighted by Gasteiger charge is -2.34. The Kier molecular flexibility index (Phi) is 8.03. The molecule has 1 unspecified atom stereocenters. The number of carbonyl (C=O) groups is 1. The van der Waals surface area contributed by atoms with Gasteiger partial charge in [-0.1, -0.05) is 35.6 Å². The average Bonchev–Trinajstić information content (AvgIpc) is 3.81. The lowest BCUT2D eigenvalue weighted by Crippen LogP contribution is -2.45. The molecule has 0 radical (unpaired) electrons. The van der Waals surface area contributed by atoms with Crippen LogP contribution in [0.4, 0.5) is 4.39 Å². The van der Waals surface area contributed by atoms with Crippen LogP contribution in [0.5, 0.6) is 0 Å². The summed E-state index contributed by atoms with van der Waals surface area (Å²) in [4.78, 5) is 26.2. The Hall–Kier alpha value is -5.55. The maximum atomic E-state index is 13.5. The molecule has 8 rings (SSSR count). The summed E-state index contributed by atoms with van der Waals surface area (Å²) in [5, 5.41) is 17.5. The standard InChI is InChI=1S/C37H34FN9O/c38-30-10-8-27(9-11-30)36-32-21-31(12-13-33(32)41-43-36)47-23-34(42-44-47)29-3-1-18-45(22-29)24-35(48)46-19-14-26(15-20-46)25-4-6-28(7-5-25)37-39-16-2-17-40-37/h2,4-14,16-17,21,23,29H,1,3,15,18-20,22,24H2,(H,41,43). The number of H-pyrrole nitrogens is 1. The Bertz CT molecular complexity index is 2090. The lowest BCUT2D eigenvalue weighted by atomic mass is 9.95. The number of amides is 1. The van der Waals surface area contributed by atoms with Crippen molar-refractivity contribution >= 4 is 22.4 Å². The molecule has 0 bridgehead atoms. The highest BCUT2D eigenvalue weighted by Crippen LogP contribution is 2.30. The van der Waals surface area contributed by atoms with Crippen LogP contribution in [0.25, 0.3) is 44.8 Å². The Morgan fingerprint density at radius 3 is 2.52 bits per heavy atom. The first-order valence-corrected chi connectivity index (χ1v) is 16.3. The molecule has 0 aliphatic carbocycles. The first-order valence-electron chi connectivity index (χ1n) is 16.3.